The summed E-state index contributed by atoms with van der Waals surface area (Å²) in [5, 5.41) is 11.2. The minimum absolute atomic E-state index is 0.0585. The molecule has 0 aliphatic carbocycles. The molecular formula is C27H30N2O8S. The number of ether oxygens (including phenoxy) is 3. The van der Waals surface area contributed by atoms with Gasteiger partial charge in [0.15, 0.2) is 0 Å². The van der Waals surface area contributed by atoms with Crippen LogP contribution in [-0.2, 0) is 29.1 Å². The summed E-state index contributed by atoms with van der Waals surface area (Å²) in [7, 11) is -2.24. The highest BCUT2D eigenvalue weighted by atomic mass is 32.2. The van der Waals surface area contributed by atoms with Gasteiger partial charge in [-0.1, -0.05) is 24.8 Å². The number of hydrogen-bond donors (Lipinski definition) is 1. The number of Topliss-reactive ketones (excluding diaryl/α,β-unsaturated/α-hetero) is 1. The Bertz CT molecular complexity index is 1310. The van der Waals surface area contributed by atoms with Crippen molar-refractivity contribution in [3.8, 4) is 5.75 Å². The normalized spacial score (nSPS) is 20.0. The number of ketones is 1. The van der Waals surface area contributed by atoms with Crippen LogP contribution in [0.25, 0.3) is 5.76 Å². The Morgan fingerprint density at radius 3 is 2.37 bits per heavy atom. The van der Waals surface area contributed by atoms with Crippen molar-refractivity contribution in [2.45, 2.75) is 10.9 Å². The first-order valence-electron chi connectivity index (χ1n) is 12.1. The molecule has 2 aliphatic heterocycles. The van der Waals surface area contributed by atoms with Crippen molar-refractivity contribution in [3.63, 3.8) is 0 Å². The number of carbonyl (C=O) groups excluding carboxylic acids is 2. The third kappa shape index (κ3) is 5.51. The van der Waals surface area contributed by atoms with Gasteiger partial charge in [0.2, 0.25) is 10.0 Å². The van der Waals surface area contributed by atoms with Gasteiger partial charge in [-0.3, -0.25) is 9.59 Å². The van der Waals surface area contributed by atoms with Crippen molar-refractivity contribution in [1.29, 1.82) is 0 Å². The fourth-order valence-electron chi connectivity index (χ4n) is 4.42. The SMILES string of the molecule is C=CCOc1ccc(C2/C(=C(\O)c3ccc(S(=O)(=O)N4CCOCC4)cc3)C(=O)C(=O)N2CCOC)cc1. The minimum Gasteiger partial charge on any atom is -0.507 e. The maximum Gasteiger partial charge on any atom is 0.295 e. The molecule has 0 bridgehead atoms. The lowest BCUT2D eigenvalue weighted by atomic mass is 9.95. The molecular weight excluding hydrogens is 512 g/mol. The molecule has 1 atom stereocenters. The number of morpholine rings is 1. The van der Waals surface area contributed by atoms with Gasteiger partial charge in [0.05, 0.1) is 36.3 Å². The molecule has 38 heavy (non-hydrogen) atoms. The molecule has 2 heterocycles. The van der Waals surface area contributed by atoms with E-state index in [1.54, 1.807) is 30.3 Å². The van der Waals surface area contributed by atoms with Crippen LogP contribution < -0.4 is 4.74 Å². The van der Waals surface area contributed by atoms with Gasteiger partial charge in [0.25, 0.3) is 11.7 Å². The molecule has 2 fully saturated rings. The Morgan fingerprint density at radius 2 is 1.76 bits per heavy atom. The van der Waals surface area contributed by atoms with Crippen LogP contribution in [0.4, 0.5) is 0 Å². The van der Waals surface area contributed by atoms with E-state index < -0.39 is 33.5 Å². The van der Waals surface area contributed by atoms with Crippen molar-refractivity contribution < 1.29 is 37.3 Å². The molecule has 11 heteroatoms. The van der Waals surface area contributed by atoms with Gasteiger partial charge in [0, 0.05) is 32.3 Å². The number of nitrogens with zero attached hydrogens (tertiary/aromatic N) is 2. The fraction of sp³-hybridized carbons (Fsp3) is 0.333. The highest BCUT2D eigenvalue weighted by molar-refractivity contribution is 7.89. The van der Waals surface area contributed by atoms with Gasteiger partial charge >= 0.3 is 0 Å². The molecule has 1 N–H and O–H groups in total. The summed E-state index contributed by atoms with van der Waals surface area (Å²) < 4.78 is 43.1. The molecule has 1 unspecified atom stereocenters. The topological polar surface area (TPSA) is 123 Å². The number of aliphatic hydroxyl groups is 1. The summed E-state index contributed by atoms with van der Waals surface area (Å²) in [4.78, 5) is 27.5. The summed E-state index contributed by atoms with van der Waals surface area (Å²) in [6.07, 6.45) is 1.62. The zero-order valence-corrected chi connectivity index (χ0v) is 21.9. The number of sulfonamides is 1. The van der Waals surface area contributed by atoms with Crippen LogP contribution in [0.2, 0.25) is 0 Å². The molecule has 2 aromatic carbocycles. The van der Waals surface area contributed by atoms with E-state index in [1.807, 2.05) is 0 Å². The van der Waals surface area contributed by atoms with Crippen molar-refractivity contribution >= 4 is 27.5 Å². The second-order valence-corrected chi connectivity index (χ2v) is 10.6. The highest BCUT2D eigenvalue weighted by Crippen LogP contribution is 2.39. The smallest absolute Gasteiger partial charge is 0.295 e. The number of hydrogen-bond acceptors (Lipinski definition) is 8. The third-order valence-corrected chi connectivity index (χ3v) is 8.29. The largest absolute Gasteiger partial charge is 0.507 e. The van der Waals surface area contributed by atoms with Crippen molar-refractivity contribution in [1.82, 2.24) is 9.21 Å². The number of likely N-dealkylation sites (tertiary alicyclic amines) is 1. The maximum atomic E-state index is 13.1. The summed E-state index contributed by atoms with van der Waals surface area (Å²) in [6.45, 7) is 5.42. The molecule has 0 saturated carbocycles. The number of methoxy groups -OCH3 is 1. The van der Waals surface area contributed by atoms with Gasteiger partial charge < -0.3 is 24.2 Å². The van der Waals surface area contributed by atoms with Crippen molar-refractivity contribution in [2.24, 2.45) is 0 Å². The van der Waals surface area contributed by atoms with E-state index >= 15 is 0 Å². The van der Waals surface area contributed by atoms with Crippen LogP contribution in [0.5, 0.6) is 5.75 Å². The predicted molar refractivity (Wildman–Crippen MR) is 139 cm³/mol. The summed E-state index contributed by atoms with van der Waals surface area (Å²) in [6, 6.07) is 11.6. The molecule has 202 valence electrons. The molecule has 4 rings (SSSR count). The summed E-state index contributed by atoms with van der Waals surface area (Å²) in [5.41, 5.74) is 0.723. The van der Waals surface area contributed by atoms with Gasteiger partial charge in [-0.15, -0.1) is 0 Å². The van der Waals surface area contributed by atoms with Crippen LogP contribution in [0.3, 0.4) is 0 Å². The molecule has 0 radical (unpaired) electrons. The number of carbonyl (C=O) groups is 2. The van der Waals surface area contributed by atoms with Gasteiger partial charge in [0.1, 0.15) is 18.1 Å². The second-order valence-electron chi connectivity index (χ2n) is 8.69. The van der Waals surface area contributed by atoms with Gasteiger partial charge in [-0.2, -0.15) is 4.31 Å². The van der Waals surface area contributed by atoms with Crippen LogP contribution in [0, 0.1) is 0 Å². The van der Waals surface area contributed by atoms with Crippen LogP contribution in [0.1, 0.15) is 17.2 Å². The Balaban J connectivity index is 1.71. The predicted octanol–water partition coefficient (Wildman–Crippen LogP) is 2.34. The van der Waals surface area contributed by atoms with Gasteiger partial charge in [-0.25, -0.2) is 8.42 Å². The zero-order valence-electron chi connectivity index (χ0n) is 21.0. The lowest BCUT2D eigenvalue weighted by Gasteiger charge is -2.26. The summed E-state index contributed by atoms with van der Waals surface area (Å²) >= 11 is 0. The molecule has 1 amide bonds. The highest BCUT2D eigenvalue weighted by Gasteiger charge is 2.46. The monoisotopic (exact) mass is 542 g/mol. The van der Waals surface area contributed by atoms with Crippen LogP contribution in [0.15, 0.2) is 71.7 Å². The average molecular weight is 543 g/mol. The quantitative estimate of drug-likeness (QED) is 0.210. The van der Waals surface area contributed by atoms with Gasteiger partial charge in [-0.05, 0) is 42.0 Å². The Kier molecular flexibility index (Phi) is 8.62. The van der Waals surface area contributed by atoms with Crippen molar-refractivity contribution in [2.75, 3.05) is 53.2 Å². The first kappa shape index (κ1) is 27.5. The van der Waals surface area contributed by atoms with E-state index in [9.17, 15) is 23.1 Å². The maximum absolute atomic E-state index is 13.1. The fourth-order valence-corrected chi connectivity index (χ4v) is 5.83. The van der Waals surface area contributed by atoms with E-state index in [2.05, 4.69) is 6.58 Å². The lowest BCUT2D eigenvalue weighted by molar-refractivity contribution is -0.140. The standard InChI is InChI=1S/C27H30N2O8S/c1-3-15-37-21-8-4-19(5-9-21)24-23(26(31)27(32)29(24)14-16-35-2)25(30)20-6-10-22(11-7-20)38(33,34)28-12-17-36-18-13-28/h3-11,24,30H,1,12-18H2,2H3/b25-23+. The number of aliphatic hydroxyl groups excluding tert-OH is 1. The third-order valence-electron chi connectivity index (χ3n) is 6.38. The van der Waals surface area contributed by atoms with Crippen LogP contribution >= 0.6 is 0 Å². The van der Waals surface area contributed by atoms with E-state index in [-0.39, 0.29) is 42.3 Å². The Hall–Kier alpha value is -3.51. The van der Waals surface area contributed by atoms with Crippen LogP contribution in [-0.4, -0.2) is 87.6 Å². The van der Waals surface area contributed by atoms with E-state index in [4.69, 9.17) is 14.2 Å². The molecule has 2 saturated heterocycles. The summed E-state index contributed by atoms with van der Waals surface area (Å²) in [5.74, 6) is -1.40. The van der Waals surface area contributed by atoms with E-state index in [0.29, 0.717) is 31.1 Å². The Labute approximate surface area is 221 Å². The molecule has 2 aromatic rings. The average Bonchev–Trinajstić information content (AvgIpc) is 3.20. The molecule has 0 spiro atoms. The molecule has 2 aliphatic rings. The molecule has 0 aromatic heterocycles. The first-order chi connectivity index (χ1) is 18.3. The number of benzene rings is 2. The number of amides is 1. The first-order valence-corrected chi connectivity index (χ1v) is 13.5. The zero-order chi connectivity index (χ0) is 27.3. The lowest BCUT2D eigenvalue weighted by Crippen LogP contribution is -2.40. The second kappa shape index (κ2) is 11.9. The Morgan fingerprint density at radius 1 is 1.11 bits per heavy atom. The minimum atomic E-state index is -3.73. The van der Waals surface area contributed by atoms with E-state index in [0.717, 1.165) is 0 Å². The van der Waals surface area contributed by atoms with E-state index in [1.165, 1.54) is 40.6 Å². The molecule has 10 nitrogen and oxygen atoms in total. The number of rotatable bonds is 10. The van der Waals surface area contributed by atoms with Crippen molar-refractivity contribution in [3.05, 3.63) is 77.9 Å².